The summed E-state index contributed by atoms with van der Waals surface area (Å²) in [6.07, 6.45) is 6.64. The van der Waals surface area contributed by atoms with E-state index in [0.29, 0.717) is 47.2 Å². The number of hydrogen-bond donors (Lipinski definition) is 1. The van der Waals surface area contributed by atoms with E-state index in [-0.39, 0.29) is 18.0 Å². The van der Waals surface area contributed by atoms with Gasteiger partial charge in [-0.2, -0.15) is 0 Å². The Hall–Kier alpha value is -3.62. The average Bonchev–Trinajstić information content (AvgIpc) is 2.73. The first-order chi connectivity index (χ1) is 13.2. The lowest BCUT2D eigenvalue weighted by molar-refractivity contribution is 0.0732. The minimum absolute atomic E-state index is 0.182. The van der Waals surface area contributed by atoms with E-state index in [2.05, 4.69) is 24.9 Å². The number of nitrogens with zero attached hydrogens (tertiary/aromatic N) is 5. The quantitative estimate of drug-likeness (QED) is 0.732. The Bertz CT molecular complexity index is 1050. The van der Waals surface area contributed by atoms with Crippen molar-refractivity contribution in [3.63, 3.8) is 0 Å². The van der Waals surface area contributed by atoms with Crippen LogP contribution in [0.25, 0.3) is 11.5 Å². The first-order valence-electron chi connectivity index (χ1n) is 8.33. The van der Waals surface area contributed by atoms with Crippen molar-refractivity contribution >= 4 is 5.91 Å². The molecule has 1 amide bonds. The molecule has 27 heavy (non-hydrogen) atoms. The second-order valence-electron chi connectivity index (χ2n) is 5.99. The van der Waals surface area contributed by atoms with E-state index >= 15 is 0 Å². The largest absolute Gasteiger partial charge is 0.481 e. The number of amides is 1. The number of fused-ring (bicyclic) bond motifs is 1. The molecule has 9 nitrogen and oxygen atoms in total. The van der Waals surface area contributed by atoms with Crippen LogP contribution in [0.5, 0.6) is 5.88 Å². The maximum Gasteiger partial charge on any atom is 0.256 e. The molecule has 0 spiro atoms. The molecule has 0 radical (unpaired) electrons. The van der Waals surface area contributed by atoms with Crippen LogP contribution in [-0.4, -0.2) is 49.4 Å². The molecule has 0 aromatic carbocycles. The highest BCUT2D eigenvalue weighted by Crippen LogP contribution is 2.19. The Kier molecular flexibility index (Phi) is 4.33. The van der Waals surface area contributed by atoms with Crippen molar-refractivity contribution in [2.75, 3.05) is 13.7 Å². The normalized spacial score (nSPS) is 13.1. The molecule has 0 fully saturated rings. The molecule has 0 bridgehead atoms. The standard InChI is InChI=1S/C18H16N6O3/c1-27-15-8-11(2-4-21-15)18(26)24-7-3-13-12(10-24)17(25)23-16(22-13)14-9-19-5-6-20-14/h2,4-6,8-9H,3,7,10H2,1H3,(H,22,23,25). The van der Waals surface area contributed by atoms with Crippen LogP contribution in [0.4, 0.5) is 0 Å². The van der Waals surface area contributed by atoms with Gasteiger partial charge >= 0.3 is 0 Å². The summed E-state index contributed by atoms with van der Waals surface area (Å²) in [5.41, 5.74) is 1.86. The molecule has 1 aliphatic rings. The highest BCUT2D eigenvalue weighted by Gasteiger charge is 2.26. The number of carbonyl (C=O) groups excluding carboxylic acids is 1. The van der Waals surface area contributed by atoms with Crippen LogP contribution in [0.3, 0.4) is 0 Å². The third kappa shape index (κ3) is 3.26. The number of rotatable bonds is 3. The lowest BCUT2D eigenvalue weighted by Gasteiger charge is -2.28. The zero-order valence-electron chi connectivity index (χ0n) is 14.5. The number of pyridine rings is 1. The Morgan fingerprint density at radius 3 is 2.93 bits per heavy atom. The average molecular weight is 364 g/mol. The number of ether oxygens (including phenoxy) is 1. The van der Waals surface area contributed by atoms with Crippen LogP contribution in [0, 0.1) is 0 Å². The summed E-state index contributed by atoms with van der Waals surface area (Å²) < 4.78 is 5.07. The number of nitrogens with one attached hydrogen (secondary N) is 1. The summed E-state index contributed by atoms with van der Waals surface area (Å²) in [4.78, 5) is 46.3. The van der Waals surface area contributed by atoms with Crippen molar-refractivity contribution in [2.45, 2.75) is 13.0 Å². The number of aromatic amines is 1. The van der Waals surface area contributed by atoms with Crippen LogP contribution in [0.2, 0.25) is 0 Å². The molecule has 4 rings (SSSR count). The summed E-state index contributed by atoms with van der Waals surface area (Å²) in [7, 11) is 1.49. The molecule has 136 valence electrons. The summed E-state index contributed by atoms with van der Waals surface area (Å²) in [6.45, 7) is 0.661. The maximum atomic E-state index is 12.8. The third-order valence-electron chi connectivity index (χ3n) is 4.35. The minimum atomic E-state index is -0.273. The van der Waals surface area contributed by atoms with Gasteiger partial charge in [0.15, 0.2) is 5.82 Å². The second-order valence-corrected chi connectivity index (χ2v) is 5.99. The molecule has 9 heteroatoms. The Morgan fingerprint density at radius 2 is 2.15 bits per heavy atom. The van der Waals surface area contributed by atoms with Crippen molar-refractivity contribution in [1.82, 2.24) is 29.8 Å². The molecule has 0 aliphatic carbocycles. The highest BCUT2D eigenvalue weighted by atomic mass is 16.5. The van der Waals surface area contributed by atoms with Gasteiger partial charge in [-0.1, -0.05) is 0 Å². The molecule has 0 saturated heterocycles. The van der Waals surface area contributed by atoms with Gasteiger partial charge in [0.05, 0.1) is 31.1 Å². The lowest BCUT2D eigenvalue weighted by atomic mass is 10.1. The van der Waals surface area contributed by atoms with Crippen molar-refractivity contribution in [1.29, 1.82) is 0 Å². The third-order valence-corrected chi connectivity index (χ3v) is 4.35. The van der Waals surface area contributed by atoms with E-state index in [1.807, 2.05) is 0 Å². The van der Waals surface area contributed by atoms with E-state index in [1.165, 1.54) is 19.5 Å². The summed E-state index contributed by atoms with van der Waals surface area (Å²) in [5.74, 6) is 0.565. The second kappa shape index (κ2) is 6.94. The molecule has 0 saturated carbocycles. The molecule has 0 unspecified atom stereocenters. The summed E-state index contributed by atoms with van der Waals surface area (Å²) in [5, 5.41) is 0. The van der Waals surface area contributed by atoms with Crippen LogP contribution >= 0.6 is 0 Å². The number of carbonyl (C=O) groups is 1. The molecule has 1 N–H and O–H groups in total. The first-order valence-corrected chi connectivity index (χ1v) is 8.33. The number of aromatic nitrogens is 5. The van der Waals surface area contributed by atoms with E-state index in [1.54, 1.807) is 29.4 Å². The molecule has 4 heterocycles. The van der Waals surface area contributed by atoms with Gasteiger partial charge in [-0.3, -0.25) is 14.6 Å². The predicted molar refractivity (Wildman–Crippen MR) is 95.1 cm³/mol. The van der Waals surface area contributed by atoms with E-state index in [0.717, 1.165) is 0 Å². The lowest BCUT2D eigenvalue weighted by Crippen LogP contribution is -2.39. The molecular weight excluding hydrogens is 348 g/mol. The van der Waals surface area contributed by atoms with Gasteiger partial charge in [0.1, 0.15) is 5.69 Å². The van der Waals surface area contributed by atoms with Gasteiger partial charge in [0.25, 0.3) is 11.5 Å². The van der Waals surface area contributed by atoms with E-state index < -0.39 is 0 Å². The van der Waals surface area contributed by atoms with E-state index in [4.69, 9.17) is 4.74 Å². The topological polar surface area (TPSA) is 114 Å². The zero-order chi connectivity index (χ0) is 18.8. The van der Waals surface area contributed by atoms with Crippen molar-refractivity contribution in [3.05, 3.63) is 64.1 Å². The summed E-state index contributed by atoms with van der Waals surface area (Å²) in [6, 6.07) is 3.21. The fourth-order valence-electron chi connectivity index (χ4n) is 2.98. The van der Waals surface area contributed by atoms with Gasteiger partial charge < -0.3 is 14.6 Å². The van der Waals surface area contributed by atoms with Gasteiger partial charge in [0, 0.05) is 43.2 Å². The molecule has 1 aliphatic heterocycles. The smallest absolute Gasteiger partial charge is 0.256 e. The summed E-state index contributed by atoms with van der Waals surface area (Å²) >= 11 is 0. The molecular formula is C18H16N6O3. The highest BCUT2D eigenvalue weighted by molar-refractivity contribution is 5.94. The fraction of sp³-hybridized carbons (Fsp3) is 0.222. The van der Waals surface area contributed by atoms with Crippen molar-refractivity contribution < 1.29 is 9.53 Å². The molecule has 3 aromatic heterocycles. The maximum absolute atomic E-state index is 12.8. The Morgan fingerprint density at radius 1 is 1.26 bits per heavy atom. The van der Waals surface area contributed by atoms with Gasteiger partial charge in [0.2, 0.25) is 5.88 Å². The monoisotopic (exact) mass is 364 g/mol. The Balaban J connectivity index is 1.62. The molecule has 3 aromatic rings. The number of hydrogen-bond acceptors (Lipinski definition) is 7. The van der Waals surface area contributed by atoms with Gasteiger partial charge in [-0.15, -0.1) is 0 Å². The zero-order valence-corrected chi connectivity index (χ0v) is 14.5. The number of H-pyrrole nitrogens is 1. The SMILES string of the molecule is COc1cc(C(=O)N2CCc3nc(-c4cnccn4)[nH]c(=O)c3C2)ccn1. The van der Waals surface area contributed by atoms with Crippen LogP contribution in [-0.2, 0) is 13.0 Å². The first kappa shape index (κ1) is 16.8. The van der Waals surface area contributed by atoms with Crippen LogP contribution in [0.1, 0.15) is 21.6 Å². The minimum Gasteiger partial charge on any atom is -0.481 e. The fourth-order valence-corrected chi connectivity index (χ4v) is 2.98. The van der Waals surface area contributed by atoms with Crippen LogP contribution < -0.4 is 10.3 Å². The van der Waals surface area contributed by atoms with Crippen molar-refractivity contribution in [3.8, 4) is 17.4 Å². The van der Waals surface area contributed by atoms with E-state index in [9.17, 15) is 9.59 Å². The van der Waals surface area contributed by atoms with Crippen molar-refractivity contribution in [2.24, 2.45) is 0 Å². The Labute approximate surface area is 154 Å². The predicted octanol–water partition coefficient (Wildman–Crippen LogP) is 0.829. The van der Waals surface area contributed by atoms with Crippen LogP contribution in [0.15, 0.2) is 41.7 Å². The molecule has 0 atom stereocenters. The van der Waals surface area contributed by atoms with Gasteiger partial charge in [-0.05, 0) is 6.07 Å². The number of methoxy groups -OCH3 is 1. The van der Waals surface area contributed by atoms with Gasteiger partial charge in [-0.25, -0.2) is 15.0 Å².